The van der Waals surface area contributed by atoms with E-state index >= 15 is 0 Å². The number of piperidine rings is 1. The Hall–Kier alpha value is -3.53. The molecule has 3 aromatic rings. The van der Waals surface area contributed by atoms with Crippen LogP contribution in [-0.4, -0.2) is 62.4 Å². The second-order valence-corrected chi connectivity index (χ2v) is 12.9. The van der Waals surface area contributed by atoms with E-state index in [-0.39, 0.29) is 24.0 Å². The summed E-state index contributed by atoms with van der Waals surface area (Å²) in [6.07, 6.45) is 11.4. The molecule has 1 saturated heterocycles. The smallest absolute Gasteiger partial charge is 0.227 e. The van der Waals surface area contributed by atoms with Crippen LogP contribution in [0.4, 0.5) is 10.3 Å². The van der Waals surface area contributed by atoms with Crippen LogP contribution < -0.4 is 9.64 Å². The van der Waals surface area contributed by atoms with E-state index in [0.29, 0.717) is 60.0 Å². The Morgan fingerprint density at radius 2 is 1.84 bits per heavy atom. The van der Waals surface area contributed by atoms with Gasteiger partial charge in [-0.3, -0.25) is 9.59 Å². The molecule has 2 aliphatic carbocycles. The normalized spacial score (nSPS) is 21.9. The molecule has 2 atom stereocenters. The summed E-state index contributed by atoms with van der Waals surface area (Å²) in [6, 6.07) is 4.79. The van der Waals surface area contributed by atoms with Gasteiger partial charge in [0.25, 0.3) is 0 Å². The highest BCUT2D eigenvalue weighted by molar-refractivity contribution is 6.30. The third kappa shape index (κ3) is 6.39. The Morgan fingerprint density at radius 1 is 1.05 bits per heavy atom. The SMILES string of the molecule is O=C(c1cn2c(n1)CN(C(=O)Cc1ccc(OCCC3CC3C3CCN(c4ncc(Cl)cn4)CC3)cc1F)CC2)C1CC1. The molecule has 43 heavy (non-hydrogen) atoms. The van der Waals surface area contributed by atoms with E-state index in [4.69, 9.17) is 16.3 Å². The predicted molar refractivity (Wildman–Crippen MR) is 158 cm³/mol. The number of carbonyl (C=O) groups excluding carboxylic acids is 2. The molecule has 4 heterocycles. The molecule has 4 aliphatic rings. The van der Waals surface area contributed by atoms with E-state index in [9.17, 15) is 14.0 Å². The molecule has 1 aromatic carbocycles. The summed E-state index contributed by atoms with van der Waals surface area (Å²) in [7, 11) is 0. The largest absolute Gasteiger partial charge is 0.493 e. The van der Waals surface area contributed by atoms with Crippen molar-refractivity contribution in [2.24, 2.45) is 23.7 Å². The van der Waals surface area contributed by atoms with Crippen molar-refractivity contribution in [1.29, 1.82) is 0 Å². The van der Waals surface area contributed by atoms with E-state index in [2.05, 4.69) is 19.9 Å². The van der Waals surface area contributed by atoms with E-state index in [1.165, 1.54) is 12.5 Å². The van der Waals surface area contributed by atoms with Crippen LogP contribution in [0.3, 0.4) is 0 Å². The number of hydrogen-bond donors (Lipinski definition) is 0. The molecular weight excluding hydrogens is 571 g/mol. The number of imidazole rings is 1. The number of rotatable bonds is 10. The molecule has 3 fully saturated rings. The zero-order chi connectivity index (χ0) is 29.5. The first-order chi connectivity index (χ1) is 20.9. The minimum absolute atomic E-state index is 0.0204. The topological polar surface area (TPSA) is 93.5 Å². The van der Waals surface area contributed by atoms with E-state index in [1.54, 1.807) is 29.4 Å². The second-order valence-electron chi connectivity index (χ2n) is 12.4. The zero-order valence-electron chi connectivity index (χ0n) is 24.1. The van der Waals surface area contributed by atoms with Gasteiger partial charge in [0, 0.05) is 44.4 Å². The van der Waals surface area contributed by atoms with Crippen LogP contribution in [0, 0.1) is 29.5 Å². The maximum Gasteiger partial charge on any atom is 0.227 e. The van der Waals surface area contributed by atoms with Crippen LogP contribution in [-0.2, 0) is 24.3 Å². The number of halogens is 2. The quantitative estimate of drug-likeness (QED) is 0.301. The third-order valence-corrected chi connectivity index (χ3v) is 9.69. The average molecular weight is 607 g/mol. The maximum absolute atomic E-state index is 14.9. The van der Waals surface area contributed by atoms with Crippen LogP contribution in [0.2, 0.25) is 5.02 Å². The first-order valence-electron chi connectivity index (χ1n) is 15.4. The molecule has 0 N–H and O–H groups in total. The molecule has 7 rings (SSSR count). The van der Waals surface area contributed by atoms with Gasteiger partial charge in [0.1, 0.15) is 23.1 Å². The number of ether oxygens (including phenoxy) is 1. The lowest BCUT2D eigenvalue weighted by Gasteiger charge is -2.32. The number of nitrogens with zero attached hydrogens (tertiary/aromatic N) is 6. The maximum atomic E-state index is 14.9. The molecule has 226 valence electrons. The first kappa shape index (κ1) is 28.3. The van der Waals surface area contributed by atoms with Gasteiger partial charge in [0.05, 0.1) is 37.0 Å². The number of fused-ring (bicyclic) bond motifs is 1. The van der Waals surface area contributed by atoms with Gasteiger partial charge in [-0.25, -0.2) is 19.3 Å². The fourth-order valence-corrected chi connectivity index (χ4v) is 6.78. The lowest BCUT2D eigenvalue weighted by Crippen LogP contribution is -2.39. The molecule has 0 spiro atoms. The van der Waals surface area contributed by atoms with Gasteiger partial charge in [-0.05, 0) is 67.9 Å². The fourth-order valence-electron chi connectivity index (χ4n) is 6.68. The Morgan fingerprint density at radius 3 is 2.58 bits per heavy atom. The van der Waals surface area contributed by atoms with Gasteiger partial charge < -0.3 is 19.1 Å². The fraction of sp³-hybridized carbons (Fsp3) is 0.531. The van der Waals surface area contributed by atoms with Crippen molar-refractivity contribution >= 4 is 29.2 Å². The van der Waals surface area contributed by atoms with E-state index in [0.717, 1.165) is 63.0 Å². The Kier molecular flexibility index (Phi) is 7.80. The number of carbonyl (C=O) groups is 2. The minimum atomic E-state index is -0.428. The summed E-state index contributed by atoms with van der Waals surface area (Å²) >= 11 is 5.91. The molecule has 2 saturated carbocycles. The zero-order valence-corrected chi connectivity index (χ0v) is 24.9. The van der Waals surface area contributed by atoms with Crippen LogP contribution in [0.1, 0.15) is 60.4 Å². The van der Waals surface area contributed by atoms with Gasteiger partial charge in [-0.15, -0.1) is 0 Å². The lowest BCUT2D eigenvalue weighted by molar-refractivity contribution is -0.132. The molecule has 2 aromatic heterocycles. The number of amides is 1. The number of Topliss-reactive ketones (excluding diaryl/α,β-unsaturated/α-hetero) is 1. The molecular formula is C32H36ClFN6O3. The monoisotopic (exact) mass is 606 g/mol. The molecule has 9 nitrogen and oxygen atoms in total. The number of anilines is 1. The van der Waals surface area contributed by atoms with Crippen LogP contribution in [0.5, 0.6) is 5.75 Å². The van der Waals surface area contributed by atoms with E-state index in [1.807, 2.05) is 10.8 Å². The summed E-state index contributed by atoms with van der Waals surface area (Å²) in [5.41, 5.74) is 0.852. The Bertz CT molecular complexity index is 1500. The standard InChI is InChI=1S/C32H36ClFN6O3/c33-24-16-35-32(36-17-24)38-8-5-20(6-9-38)26-13-22(26)7-12-43-25-4-3-23(27(34)15-25)14-30(41)40-11-10-39-18-28(37-29(39)19-40)31(42)21-1-2-21/h3-4,15-18,20-22,26H,1-2,5-14,19H2. The average Bonchev–Trinajstić information content (AvgIpc) is 3.95. The first-order valence-corrected chi connectivity index (χ1v) is 15.8. The highest BCUT2D eigenvalue weighted by Crippen LogP contribution is 2.50. The highest BCUT2D eigenvalue weighted by Gasteiger charge is 2.43. The van der Waals surface area contributed by atoms with Crippen LogP contribution in [0.15, 0.2) is 36.8 Å². The summed E-state index contributed by atoms with van der Waals surface area (Å²) in [5, 5.41) is 0.552. The van der Waals surface area contributed by atoms with Gasteiger partial charge in [-0.2, -0.15) is 0 Å². The van der Waals surface area contributed by atoms with Crippen molar-refractivity contribution in [3.63, 3.8) is 0 Å². The number of benzene rings is 1. The number of ketones is 1. The van der Waals surface area contributed by atoms with Gasteiger partial charge >= 0.3 is 0 Å². The van der Waals surface area contributed by atoms with Crippen molar-refractivity contribution in [2.75, 3.05) is 31.1 Å². The minimum Gasteiger partial charge on any atom is -0.493 e. The van der Waals surface area contributed by atoms with Crippen molar-refractivity contribution in [3.05, 3.63) is 64.7 Å². The van der Waals surface area contributed by atoms with Gasteiger partial charge in [0.2, 0.25) is 11.9 Å². The molecule has 2 unspecified atom stereocenters. The van der Waals surface area contributed by atoms with Crippen molar-refractivity contribution < 1.29 is 18.7 Å². The second kappa shape index (κ2) is 11.9. The lowest BCUT2D eigenvalue weighted by atomic mass is 9.90. The summed E-state index contributed by atoms with van der Waals surface area (Å²) in [6.45, 7) is 3.91. The van der Waals surface area contributed by atoms with Crippen molar-refractivity contribution in [1.82, 2.24) is 24.4 Å². The van der Waals surface area contributed by atoms with Crippen LogP contribution >= 0.6 is 11.6 Å². The molecule has 0 bridgehead atoms. The Labute approximate surface area is 255 Å². The molecule has 11 heteroatoms. The summed E-state index contributed by atoms with van der Waals surface area (Å²) in [4.78, 5) is 42.5. The van der Waals surface area contributed by atoms with Gasteiger partial charge in [-0.1, -0.05) is 17.7 Å². The molecule has 0 radical (unpaired) electrons. The van der Waals surface area contributed by atoms with Crippen molar-refractivity contribution in [2.45, 2.75) is 58.0 Å². The summed E-state index contributed by atoms with van der Waals surface area (Å²) < 4.78 is 22.8. The van der Waals surface area contributed by atoms with Crippen LogP contribution in [0.25, 0.3) is 0 Å². The number of aromatic nitrogens is 4. The molecule has 2 aliphatic heterocycles. The summed E-state index contributed by atoms with van der Waals surface area (Å²) in [5.74, 6) is 3.71. The number of hydrogen-bond acceptors (Lipinski definition) is 7. The molecule has 1 amide bonds. The van der Waals surface area contributed by atoms with E-state index < -0.39 is 5.82 Å². The van der Waals surface area contributed by atoms with Gasteiger partial charge in [0.15, 0.2) is 5.78 Å². The van der Waals surface area contributed by atoms with Crippen molar-refractivity contribution in [3.8, 4) is 5.75 Å². The highest BCUT2D eigenvalue weighted by atomic mass is 35.5. The third-order valence-electron chi connectivity index (χ3n) is 9.49. The predicted octanol–water partition coefficient (Wildman–Crippen LogP) is 4.96. The Balaban J connectivity index is 0.842.